The topological polar surface area (TPSA) is 80.5 Å². The quantitative estimate of drug-likeness (QED) is 0.434. The van der Waals surface area contributed by atoms with Crippen LogP contribution >= 0.6 is 23.6 Å². The highest BCUT2D eigenvalue weighted by molar-refractivity contribution is 7.71. The summed E-state index contributed by atoms with van der Waals surface area (Å²) < 4.78 is 17.5. The lowest BCUT2D eigenvalue weighted by atomic mass is 10.3. The largest absolute Gasteiger partial charge is 0.351 e. The molecule has 0 radical (unpaired) electrons. The first kappa shape index (κ1) is 20.4. The first-order valence-corrected chi connectivity index (χ1v) is 10.8. The van der Waals surface area contributed by atoms with E-state index in [1.54, 1.807) is 16.8 Å². The van der Waals surface area contributed by atoms with Gasteiger partial charge in [0.15, 0.2) is 4.77 Å². The monoisotopic (exact) mass is 444 g/mol. The number of carbonyl (C=O) groups excluding carboxylic acids is 1. The number of halogens is 1. The molecule has 0 atom stereocenters. The molecule has 0 spiro atoms. The second kappa shape index (κ2) is 8.11. The van der Waals surface area contributed by atoms with Gasteiger partial charge in [-0.15, -0.1) is 11.3 Å². The fraction of sp³-hybridized carbons (Fsp3) is 0.300. The third kappa shape index (κ3) is 3.80. The number of aromatic nitrogens is 5. The Labute approximate surface area is 181 Å². The minimum Gasteiger partial charge on any atom is -0.351 e. The van der Waals surface area contributed by atoms with E-state index in [-0.39, 0.29) is 17.8 Å². The van der Waals surface area contributed by atoms with Crippen molar-refractivity contribution >= 4 is 39.7 Å². The molecule has 30 heavy (non-hydrogen) atoms. The number of benzene rings is 1. The molecule has 0 aliphatic carbocycles. The van der Waals surface area contributed by atoms with Gasteiger partial charge >= 0.3 is 0 Å². The van der Waals surface area contributed by atoms with Crippen LogP contribution in [0.25, 0.3) is 15.9 Å². The molecule has 0 aliphatic rings. The zero-order chi connectivity index (χ0) is 21.4. The molecule has 3 aromatic heterocycles. The number of thiophene rings is 1. The summed E-state index contributed by atoms with van der Waals surface area (Å²) in [4.78, 5) is 14.1. The van der Waals surface area contributed by atoms with E-state index in [4.69, 9.17) is 12.2 Å². The third-order valence-corrected chi connectivity index (χ3v) is 6.17. The van der Waals surface area contributed by atoms with Crippen LogP contribution in [0.3, 0.4) is 0 Å². The maximum atomic E-state index is 13.2. The number of H-pyrrole nitrogens is 1. The van der Waals surface area contributed by atoms with E-state index in [2.05, 4.69) is 20.6 Å². The Morgan fingerprint density at radius 1 is 1.33 bits per heavy atom. The molecule has 0 bridgehead atoms. The molecule has 0 aliphatic heterocycles. The number of fused-ring (bicyclic) bond motifs is 1. The zero-order valence-corrected chi connectivity index (χ0v) is 18.4. The molecular formula is C20H21FN6OS2. The minimum atomic E-state index is -0.302. The smallest absolute Gasteiger partial charge is 0.261 e. The van der Waals surface area contributed by atoms with Crippen LogP contribution in [0.5, 0.6) is 0 Å². The van der Waals surface area contributed by atoms with Crippen molar-refractivity contribution in [2.24, 2.45) is 0 Å². The highest BCUT2D eigenvalue weighted by atomic mass is 32.1. The molecular weight excluding hydrogens is 423 g/mol. The Morgan fingerprint density at radius 2 is 2.07 bits per heavy atom. The van der Waals surface area contributed by atoms with Crippen molar-refractivity contribution in [1.29, 1.82) is 0 Å². The SMILES string of the molecule is Cc1nn(-c2ccc(F)cc2)c2sc(C(=O)NCCc3n[nH]c(=S)n3C(C)C)cc12. The molecule has 1 aromatic carbocycles. The number of nitrogens with one attached hydrogen (secondary N) is 2. The van der Waals surface area contributed by atoms with Gasteiger partial charge < -0.3 is 9.88 Å². The first-order chi connectivity index (χ1) is 14.3. The van der Waals surface area contributed by atoms with Gasteiger partial charge in [0.25, 0.3) is 5.91 Å². The van der Waals surface area contributed by atoms with Gasteiger partial charge in [-0.1, -0.05) is 0 Å². The molecule has 4 aromatic rings. The summed E-state index contributed by atoms with van der Waals surface area (Å²) in [5.41, 5.74) is 1.57. The van der Waals surface area contributed by atoms with Crippen molar-refractivity contribution in [3.8, 4) is 5.69 Å². The average Bonchev–Trinajstić information content (AvgIpc) is 3.38. The highest BCUT2D eigenvalue weighted by Crippen LogP contribution is 2.30. The molecule has 0 saturated heterocycles. The van der Waals surface area contributed by atoms with Crippen LogP contribution in [-0.2, 0) is 6.42 Å². The standard InChI is InChI=1S/C20H21FN6OS2/c1-11(2)26-17(23-24-20(26)29)8-9-22-18(28)16-10-15-12(3)25-27(19(15)30-16)14-6-4-13(21)5-7-14/h4-7,10-11H,8-9H2,1-3H3,(H,22,28)(H,24,29). The van der Waals surface area contributed by atoms with E-state index in [1.165, 1.54) is 23.5 Å². The number of rotatable bonds is 6. The van der Waals surface area contributed by atoms with Crippen LogP contribution in [0.1, 0.15) is 41.1 Å². The van der Waals surface area contributed by atoms with E-state index in [9.17, 15) is 9.18 Å². The lowest BCUT2D eigenvalue weighted by molar-refractivity contribution is 0.0958. The van der Waals surface area contributed by atoms with Crippen LogP contribution in [0.4, 0.5) is 4.39 Å². The van der Waals surface area contributed by atoms with Gasteiger partial charge in [0.05, 0.1) is 16.3 Å². The van der Waals surface area contributed by atoms with Gasteiger partial charge in [-0.2, -0.15) is 10.2 Å². The number of carbonyl (C=O) groups is 1. The van der Waals surface area contributed by atoms with Crippen LogP contribution in [0, 0.1) is 17.5 Å². The van der Waals surface area contributed by atoms with Gasteiger partial charge in [-0.3, -0.25) is 9.89 Å². The third-order valence-electron chi connectivity index (χ3n) is 4.77. The fourth-order valence-corrected chi connectivity index (χ4v) is 4.80. The summed E-state index contributed by atoms with van der Waals surface area (Å²) >= 11 is 6.62. The Bertz CT molecular complexity index is 1260. The van der Waals surface area contributed by atoms with Crippen molar-refractivity contribution < 1.29 is 9.18 Å². The Balaban J connectivity index is 1.51. The summed E-state index contributed by atoms with van der Waals surface area (Å²) in [5.74, 6) is 0.366. The second-order valence-electron chi connectivity index (χ2n) is 7.22. The fourth-order valence-electron chi connectivity index (χ4n) is 3.34. The predicted octanol–water partition coefficient (Wildman–Crippen LogP) is 4.34. The maximum Gasteiger partial charge on any atom is 0.261 e. The lowest BCUT2D eigenvalue weighted by Crippen LogP contribution is -2.26. The van der Waals surface area contributed by atoms with E-state index in [1.807, 2.05) is 31.4 Å². The molecule has 0 saturated carbocycles. The van der Waals surface area contributed by atoms with Crippen molar-refractivity contribution in [3.05, 3.63) is 57.3 Å². The van der Waals surface area contributed by atoms with Crippen LogP contribution in [0.2, 0.25) is 0 Å². The van der Waals surface area contributed by atoms with Gasteiger partial charge in [-0.05, 0) is 63.3 Å². The number of hydrogen-bond donors (Lipinski definition) is 2. The molecule has 2 N–H and O–H groups in total. The van der Waals surface area contributed by atoms with Crippen LogP contribution in [-0.4, -0.2) is 37.0 Å². The summed E-state index contributed by atoms with van der Waals surface area (Å²) in [6.45, 7) is 6.42. The second-order valence-corrected chi connectivity index (χ2v) is 8.64. The molecule has 1 amide bonds. The molecule has 4 rings (SSSR count). The van der Waals surface area contributed by atoms with E-state index in [0.717, 1.165) is 27.4 Å². The predicted molar refractivity (Wildman–Crippen MR) is 117 cm³/mol. The molecule has 3 heterocycles. The van der Waals surface area contributed by atoms with Crippen LogP contribution < -0.4 is 5.32 Å². The summed E-state index contributed by atoms with van der Waals surface area (Å²) in [6.07, 6.45) is 0.574. The molecule has 0 fully saturated rings. The van der Waals surface area contributed by atoms with Crippen molar-refractivity contribution in [2.45, 2.75) is 33.2 Å². The number of aromatic amines is 1. The van der Waals surface area contributed by atoms with E-state index in [0.29, 0.717) is 22.6 Å². The number of aryl methyl sites for hydroxylation is 1. The normalized spacial score (nSPS) is 11.5. The van der Waals surface area contributed by atoms with E-state index < -0.39 is 0 Å². The first-order valence-electron chi connectivity index (χ1n) is 9.54. The number of hydrogen-bond acceptors (Lipinski definition) is 5. The van der Waals surface area contributed by atoms with Crippen molar-refractivity contribution in [1.82, 2.24) is 29.9 Å². The molecule has 7 nitrogen and oxygen atoms in total. The summed E-state index contributed by atoms with van der Waals surface area (Å²) in [6, 6.07) is 8.17. The van der Waals surface area contributed by atoms with Crippen LogP contribution in [0.15, 0.2) is 30.3 Å². The lowest BCUT2D eigenvalue weighted by Gasteiger charge is -2.10. The van der Waals surface area contributed by atoms with Crippen molar-refractivity contribution in [3.63, 3.8) is 0 Å². The van der Waals surface area contributed by atoms with Gasteiger partial charge in [0.1, 0.15) is 16.5 Å². The Morgan fingerprint density at radius 3 is 2.77 bits per heavy atom. The maximum absolute atomic E-state index is 13.2. The summed E-state index contributed by atoms with van der Waals surface area (Å²) in [5, 5.41) is 15.5. The molecule has 156 valence electrons. The molecule has 0 unspecified atom stereocenters. The van der Waals surface area contributed by atoms with Gasteiger partial charge in [0, 0.05) is 24.4 Å². The zero-order valence-electron chi connectivity index (χ0n) is 16.8. The Hall–Kier alpha value is -2.85. The Kier molecular flexibility index (Phi) is 5.52. The van der Waals surface area contributed by atoms with Gasteiger partial charge in [-0.25, -0.2) is 9.07 Å². The van der Waals surface area contributed by atoms with Crippen molar-refractivity contribution in [2.75, 3.05) is 6.54 Å². The summed E-state index contributed by atoms with van der Waals surface area (Å²) in [7, 11) is 0. The highest BCUT2D eigenvalue weighted by Gasteiger charge is 2.17. The average molecular weight is 445 g/mol. The molecule has 10 heteroatoms. The van der Waals surface area contributed by atoms with E-state index >= 15 is 0 Å². The minimum absolute atomic E-state index is 0.147. The number of nitrogens with zero attached hydrogens (tertiary/aromatic N) is 4. The number of amides is 1. The van der Waals surface area contributed by atoms with Gasteiger partial charge in [0.2, 0.25) is 0 Å².